The molecule has 1 N–H and O–H groups in total. The highest BCUT2D eigenvalue weighted by atomic mass is 35.5. The molecule has 0 bridgehead atoms. The van der Waals surface area contributed by atoms with Gasteiger partial charge in [0, 0.05) is 24.1 Å². The lowest BCUT2D eigenvalue weighted by Gasteiger charge is -2.25. The van der Waals surface area contributed by atoms with Crippen LogP contribution in [0.2, 0.25) is 5.02 Å². The van der Waals surface area contributed by atoms with Crippen molar-refractivity contribution in [2.75, 3.05) is 19.1 Å². The molecule has 0 aliphatic carbocycles. The Bertz CT molecular complexity index is 1440. The summed E-state index contributed by atoms with van der Waals surface area (Å²) in [4.78, 5) is 44.3. The number of aliphatic hydroxyl groups excluding tert-OH is 1. The molecule has 1 saturated heterocycles. The molecule has 3 aromatic rings. The zero-order chi connectivity index (χ0) is 28.3. The number of aliphatic hydroxyl groups is 1. The van der Waals surface area contributed by atoms with E-state index in [0.29, 0.717) is 22.6 Å². The standard InChI is InChI=1S/C29H27ClN2O7/c1-16(2)39-24(33)12-17-7-9-19(10-8-17)32-26(18-6-5-11-31-15-18)25(28(35)29(32)36)27(34)20-13-21(30)23(38-4)14-22(20)37-3/h5-11,13-16,26,34H,12H2,1-4H3/b27-25+. The SMILES string of the molecule is COc1cc(OC)c(/C(O)=C2\C(=O)C(=O)N(c3ccc(CC(=O)OC(C)C)cc3)C2c2cccnc2)cc1Cl. The van der Waals surface area contributed by atoms with E-state index in [9.17, 15) is 19.5 Å². The molecule has 1 fully saturated rings. The Kier molecular flexibility index (Phi) is 8.21. The summed E-state index contributed by atoms with van der Waals surface area (Å²) in [5, 5.41) is 11.6. The number of carbonyl (C=O) groups is 3. The third-order valence-corrected chi connectivity index (χ3v) is 6.40. The molecular formula is C29H27ClN2O7. The van der Waals surface area contributed by atoms with Crippen molar-refractivity contribution >= 4 is 40.7 Å². The van der Waals surface area contributed by atoms with Crippen molar-refractivity contribution in [3.8, 4) is 11.5 Å². The number of benzene rings is 2. The quantitative estimate of drug-likeness (QED) is 0.183. The molecule has 0 saturated carbocycles. The lowest BCUT2D eigenvalue weighted by atomic mass is 9.95. The van der Waals surface area contributed by atoms with Crippen molar-refractivity contribution in [1.29, 1.82) is 0 Å². The Morgan fingerprint density at radius 3 is 2.36 bits per heavy atom. The topological polar surface area (TPSA) is 115 Å². The molecular weight excluding hydrogens is 524 g/mol. The van der Waals surface area contributed by atoms with Crippen LogP contribution in [0.1, 0.15) is 36.6 Å². The minimum atomic E-state index is -0.999. The van der Waals surface area contributed by atoms with Crippen molar-refractivity contribution in [3.63, 3.8) is 0 Å². The molecule has 2 heterocycles. The highest BCUT2D eigenvalue weighted by Gasteiger charge is 2.47. The van der Waals surface area contributed by atoms with Crippen LogP contribution in [-0.4, -0.2) is 48.1 Å². The second-order valence-corrected chi connectivity index (χ2v) is 9.43. The van der Waals surface area contributed by atoms with E-state index in [1.54, 1.807) is 56.4 Å². The number of esters is 1. The van der Waals surface area contributed by atoms with E-state index in [2.05, 4.69) is 4.98 Å². The first-order valence-electron chi connectivity index (χ1n) is 12.1. The van der Waals surface area contributed by atoms with Gasteiger partial charge in [0.15, 0.2) is 0 Å². The van der Waals surface area contributed by atoms with Gasteiger partial charge >= 0.3 is 5.97 Å². The van der Waals surface area contributed by atoms with E-state index < -0.39 is 23.5 Å². The summed E-state index contributed by atoms with van der Waals surface area (Å²) in [6.45, 7) is 3.54. The number of ether oxygens (including phenoxy) is 3. The number of hydrogen-bond donors (Lipinski definition) is 1. The van der Waals surface area contributed by atoms with E-state index in [-0.39, 0.29) is 40.4 Å². The molecule has 0 radical (unpaired) electrons. The third kappa shape index (κ3) is 5.58. The maximum Gasteiger partial charge on any atom is 0.310 e. The fraction of sp³-hybridized carbons (Fsp3) is 0.241. The normalized spacial score (nSPS) is 16.5. The van der Waals surface area contributed by atoms with Crippen molar-refractivity contribution < 1.29 is 33.7 Å². The van der Waals surface area contributed by atoms with Gasteiger partial charge in [-0.15, -0.1) is 0 Å². The maximum absolute atomic E-state index is 13.4. The van der Waals surface area contributed by atoms with Crippen LogP contribution >= 0.6 is 11.6 Å². The first kappa shape index (κ1) is 27.7. The number of pyridine rings is 1. The lowest BCUT2D eigenvalue weighted by Crippen LogP contribution is -2.29. The van der Waals surface area contributed by atoms with Crippen molar-refractivity contribution in [3.05, 3.63) is 88.2 Å². The lowest BCUT2D eigenvalue weighted by molar-refractivity contribution is -0.146. The van der Waals surface area contributed by atoms with E-state index in [0.717, 1.165) is 0 Å². The fourth-order valence-corrected chi connectivity index (χ4v) is 4.63. The van der Waals surface area contributed by atoms with E-state index in [4.69, 9.17) is 25.8 Å². The molecule has 1 atom stereocenters. The number of methoxy groups -OCH3 is 2. The van der Waals surface area contributed by atoms with Crippen molar-refractivity contribution in [2.24, 2.45) is 0 Å². The summed E-state index contributed by atoms with van der Waals surface area (Å²) in [6.07, 6.45) is 2.90. The fourth-order valence-electron chi connectivity index (χ4n) is 4.39. The Balaban J connectivity index is 1.82. The van der Waals surface area contributed by atoms with Gasteiger partial charge in [0.2, 0.25) is 0 Å². The predicted molar refractivity (Wildman–Crippen MR) is 145 cm³/mol. The van der Waals surface area contributed by atoms with Crippen LogP contribution in [0.3, 0.4) is 0 Å². The number of halogens is 1. The zero-order valence-corrected chi connectivity index (χ0v) is 22.6. The Morgan fingerprint density at radius 2 is 1.77 bits per heavy atom. The minimum absolute atomic E-state index is 0.0569. The second-order valence-electron chi connectivity index (χ2n) is 9.02. The Hall–Kier alpha value is -4.37. The molecule has 0 spiro atoms. The molecule has 202 valence electrons. The first-order chi connectivity index (χ1) is 18.7. The van der Waals surface area contributed by atoms with E-state index >= 15 is 0 Å². The van der Waals surface area contributed by atoms with Gasteiger partial charge in [-0.2, -0.15) is 0 Å². The maximum atomic E-state index is 13.4. The second kappa shape index (κ2) is 11.6. The highest BCUT2D eigenvalue weighted by molar-refractivity contribution is 6.51. The summed E-state index contributed by atoms with van der Waals surface area (Å²) in [5.41, 5.74) is 1.54. The Morgan fingerprint density at radius 1 is 1.08 bits per heavy atom. The smallest absolute Gasteiger partial charge is 0.310 e. The van der Waals surface area contributed by atoms with Gasteiger partial charge in [0.25, 0.3) is 11.7 Å². The number of anilines is 1. The van der Waals surface area contributed by atoms with Crippen LogP contribution < -0.4 is 14.4 Å². The summed E-state index contributed by atoms with van der Waals surface area (Å²) in [5.74, 6) is -2.05. The number of hydrogen-bond acceptors (Lipinski definition) is 8. The van der Waals surface area contributed by atoms with Gasteiger partial charge < -0.3 is 19.3 Å². The van der Waals surface area contributed by atoms with Crippen LogP contribution in [0, 0.1) is 0 Å². The molecule has 4 rings (SSSR count). The predicted octanol–water partition coefficient (Wildman–Crippen LogP) is 4.87. The molecule has 1 amide bonds. The van der Waals surface area contributed by atoms with Crippen LogP contribution in [0.15, 0.2) is 66.5 Å². The Labute approximate surface area is 230 Å². The average molecular weight is 551 g/mol. The largest absolute Gasteiger partial charge is 0.507 e. The van der Waals surface area contributed by atoms with E-state index in [1.807, 2.05) is 0 Å². The van der Waals surface area contributed by atoms with Crippen molar-refractivity contribution in [2.45, 2.75) is 32.4 Å². The van der Waals surface area contributed by atoms with Gasteiger partial charge in [0.1, 0.15) is 17.3 Å². The molecule has 10 heteroatoms. The molecule has 39 heavy (non-hydrogen) atoms. The summed E-state index contributed by atoms with van der Waals surface area (Å²) in [7, 11) is 2.84. The van der Waals surface area contributed by atoms with Gasteiger partial charge in [-0.3, -0.25) is 24.3 Å². The minimum Gasteiger partial charge on any atom is -0.507 e. The van der Waals surface area contributed by atoms with Gasteiger partial charge in [-0.1, -0.05) is 29.8 Å². The molecule has 9 nitrogen and oxygen atoms in total. The monoisotopic (exact) mass is 550 g/mol. The summed E-state index contributed by atoms with van der Waals surface area (Å²) in [6, 6.07) is 11.9. The molecule has 1 aliphatic heterocycles. The molecule has 1 aliphatic rings. The number of nitrogens with zero attached hydrogens (tertiary/aromatic N) is 2. The zero-order valence-electron chi connectivity index (χ0n) is 21.8. The third-order valence-electron chi connectivity index (χ3n) is 6.10. The number of amides is 1. The first-order valence-corrected chi connectivity index (χ1v) is 12.4. The van der Waals surface area contributed by atoms with Crippen LogP contribution in [-0.2, 0) is 25.5 Å². The molecule has 1 aromatic heterocycles. The van der Waals surface area contributed by atoms with Crippen LogP contribution in [0.5, 0.6) is 11.5 Å². The molecule has 2 aromatic carbocycles. The van der Waals surface area contributed by atoms with Crippen LogP contribution in [0.4, 0.5) is 5.69 Å². The average Bonchev–Trinajstić information content (AvgIpc) is 3.18. The van der Waals surface area contributed by atoms with E-state index in [1.165, 1.54) is 37.4 Å². The summed E-state index contributed by atoms with van der Waals surface area (Å²) >= 11 is 6.31. The van der Waals surface area contributed by atoms with Gasteiger partial charge in [-0.05, 0) is 49.2 Å². The van der Waals surface area contributed by atoms with Gasteiger partial charge in [-0.25, -0.2) is 0 Å². The number of ketones is 1. The number of carbonyl (C=O) groups excluding carboxylic acids is 3. The molecule has 1 unspecified atom stereocenters. The number of aromatic nitrogens is 1. The van der Waals surface area contributed by atoms with Crippen molar-refractivity contribution in [1.82, 2.24) is 4.98 Å². The highest BCUT2D eigenvalue weighted by Crippen LogP contribution is 2.44. The number of rotatable bonds is 8. The number of Topliss-reactive ketones (excluding diaryl/α,β-unsaturated/α-hetero) is 1. The van der Waals surface area contributed by atoms with Gasteiger partial charge in [0.05, 0.1) is 48.9 Å². The summed E-state index contributed by atoms with van der Waals surface area (Å²) < 4.78 is 15.8. The van der Waals surface area contributed by atoms with Crippen LogP contribution in [0.25, 0.3) is 5.76 Å².